The number of hydrogen-bond acceptors (Lipinski definition) is 3. The Hall–Kier alpha value is -1.71. The second-order valence-electron chi connectivity index (χ2n) is 2.95. The summed E-state index contributed by atoms with van der Waals surface area (Å²) in [4.78, 5) is 8.17. The average molecular weight is 174 g/mol. The molecule has 66 valence electrons. The lowest BCUT2D eigenvalue weighted by Gasteiger charge is -2.02. The van der Waals surface area contributed by atoms with Crippen LogP contribution in [0, 0.1) is 13.8 Å². The maximum atomic E-state index is 4.28. The summed E-state index contributed by atoms with van der Waals surface area (Å²) in [6.45, 7) is 3.93. The van der Waals surface area contributed by atoms with Crippen molar-refractivity contribution >= 4 is 0 Å². The van der Waals surface area contributed by atoms with Gasteiger partial charge in [-0.3, -0.25) is 4.98 Å². The molecule has 0 atom stereocenters. The highest BCUT2D eigenvalue weighted by Crippen LogP contribution is 2.08. The standard InChI is InChI=1S/C9H10N4/c1-7-3-9(4-8(2)12-7)13-6-10-5-11-13/h3-6H,1-2H3. The molecule has 0 spiro atoms. The Morgan fingerprint density at radius 2 is 1.85 bits per heavy atom. The van der Waals surface area contributed by atoms with E-state index >= 15 is 0 Å². The van der Waals surface area contributed by atoms with Crippen molar-refractivity contribution in [1.29, 1.82) is 0 Å². The van der Waals surface area contributed by atoms with Gasteiger partial charge in [0, 0.05) is 11.4 Å². The molecule has 0 saturated carbocycles. The van der Waals surface area contributed by atoms with Gasteiger partial charge in [-0.05, 0) is 26.0 Å². The summed E-state index contributed by atoms with van der Waals surface area (Å²) in [5, 5.41) is 4.05. The highest BCUT2D eigenvalue weighted by Gasteiger charge is 1.98. The Kier molecular flexibility index (Phi) is 1.81. The molecule has 0 aromatic carbocycles. The van der Waals surface area contributed by atoms with Gasteiger partial charge in [0.1, 0.15) is 12.7 Å². The van der Waals surface area contributed by atoms with Crippen molar-refractivity contribution in [2.45, 2.75) is 13.8 Å². The van der Waals surface area contributed by atoms with Gasteiger partial charge in [0.05, 0.1) is 5.69 Å². The van der Waals surface area contributed by atoms with Crippen LogP contribution >= 0.6 is 0 Å². The molecule has 2 aromatic rings. The van der Waals surface area contributed by atoms with Crippen LogP contribution in [0.3, 0.4) is 0 Å². The molecule has 0 radical (unpaired) electrons. The Labute approximate surface area is 76.3 Å². The smallest absolute Gasteiger partial charge is 0.138 e. The quantitative estimate of drug-likeness (QED) is 0.654. The molecule has 4 heteroatoms. The Morgan fingerprint density at radius 3 is 2.38 bits per heavy atom. The highest BCUT2D eigenvalue weighted by molar-refractivity contribution is 5.32. The molecular formula is C9H10N4. The van der Waals surface area contributed by atoms with Crippen molar-refractivity contribution in [3.05, 3.63) is 36.2 Å². The maximum Gasteiger partial charge on any atom is 0.138 e. The van der Waals surface area contributed by atoms with E-state index in [4.69, 9.17) is 0 Å². The molecule has 2 rings (SSSR count). The summed E-state index contributed by atoms with van der Waals surface area (Å²) in [5.74, 6) is 0. The molecule has 0 unspecified atom stereocenters. The maximum absolute atomic E-state index is 4.28. The fraction of sp³-hybridized carbons (Fsp3) is 0.222. The lowest BCUT2D eigenvalue weighted by molar-refractivity contribution is 0.869. The van der Waals surface area contributed by atoms with Gasteiger partial charge >= 0.3 is 0 Å². The van der Waals surface area contributed by atoms with Gasteiger partial charge in [0.2, 0.25) is 0 Å². The minimum atomic E-state index is 0.991. The summed E-state index contributed by atoms with van der Waals surface area (Å²) < 4.78 is 1.72. The zero-order valence-electron chi connectivity index (χ0n) is 7.60. The molecular weight excluding hydrogens is 164 g/mol. The van der Waals surface area contributed by atoms with Gasteiger partial charge in [0.15, 0.2) is 0 Å². The van der Waals surface area contributed by atoms with E-state index in [9.17, 15) is 0 Å². The van der Waals surface area contributed by atoms with Gasteiger partial charge < -0.3 is 0 Å². The zero-order valence-corrected chi connectivity index (χ0v) is 7.60. The SMILES string of the molecule is Cc1cc(-n2cncn2)cc(C)n1. The number of aryl methyl sites for hydroxylation is 2. The summed E-state index contributed by atoms with van der Waals surface area (Å²) in [7, 11) is 0. The summed E-state index contributed by atoms with van der Waals surface area (Å²) >= 11 is 0. The first kappa shape index (κ1) is 7.91. The molecule has 4 nitrogen and oxygen atoms in total. The normalized spacial score (nSPS) is 10.3. The van der Waals surface area contributed by atoms with Crippen molar-refractivity contribution in [2.24, 2.45) is 0 Å². The lowest BCUT2D eigenvalue weighted by atomic mass is 10.3. The number of nitrogens with zero attached hydrogens (tertiary/aromatic N) is 4. The number of pyridine rings is 1. The number of rotatable bonds is 1. The van der Waals surface area contributed by atoms with E-state index in [0.29, 0.717) is 0 Å². The first-order valence-corrected chi connectivity index (χ1v) is 4.06. The molecule has 0 bridgehead atoms. The second kappa shape index (κ2) is 2.97. The van der Waals surface area contributed by atoms with Gasteiger partial charge in [-0.25, -0.2) is 9.67 Å². The van der Waals surface area contributed by atoms with Gasteiger partial charge in [0.25, 0.3) is 0 Å². The van der Waals surface area contributed by atoms with E-state index in [0.717, 1.165) is 17.1 Å². The lowest BCUT2D eigenvalue weighted by Crippen LogP contribution is -1.97. The third-order valence-electron chi connectivity index (χ3n) is 1.75. The van der Waals surface area contributed by atoms with E-state index in [1.165, 1.54) is 6.33 Å². The van der Waals surface area contributed by atoms with Crippen LogP contribution in [0.4, 0.5) is 0 Å². The van der Waals surface area contributed by atoms with Crippen LogP contribution in [0.2, 0.25) is 0 Å². The summed E-state index contributed by atoms with van der Waals surface area (Å²) in [6.07, 6.45) is 3.19. The van der Waals surface area contributed by atoms with E-state index in [2.05, 4.69) is 15.1 Å². The molecule has 2 heterocycles. The molecule has 0 aliphatic rings. The second-order valence-corrected chi connectivity index (χ2v) is 2.95. The predicted octanol–water partition coefficient (Wildman–Crippen LogP) is 1.28. The number of hydrogen-bond donors (Lipinski definition) is 0. The Balaban J connectivity index is 2.53. The van der Waals surface area contributed by atoms with Gasteiger partial charge in [-0.2, -0.15) is 5.10 Å². The molecule has 0 N–H and O–H groups in total. The third kappa shape index (κ3) is 1.56. The molecule has 0 fully saturated rings. The van der Waals surface area contributed by atoms with Gasteiger partial charge in [-0.15, -0.1) is 0 Å². The van der Waals surface area contributed by atoms with Crippen LogP contribution in [0.15, 0.2) is 24.8 Å². The van der Waals surface area contributed by atoms with E-state index < -0.39 is 0 Å². The van der Waals surface area contributed by atoms with E-state index in [1.807, 2.05) is 26.0 Å². The summed E-state index contributed by atoms with van der Waals surface area (Å²) in [5.41, 5.74) is 2.98. The van der Waals surface area contributed by atoms with Gasteiger partial charge in [-0.1, -0.05) is 0 Å². The minimum Gasteiger partial charge on any atom is -0.258 e. The topological polar surface area (TPSA) is 43.6 Å². The summed E-state index contributed by atoms with van der Waals surface area (Å²) in [6, 6.07) is 3.95. The molecule has 13 heavy (non-hydrogen) atoms. The average Bonchev–Trinajstić information content (AvgIpc) is 2.53. The molecule has 0 aliphatic carbocycles. The largest absolute Gasteiger partial charge is 0.258 e. The zero-order chi connectivity index (χ0) is 9.26. The minimum absolute atomic E-state index is 0.991. The van der Waals surface area contributed by atoms with Crippen molar-refractivity contribution in [2.75, 3.05) is 0 Å². The molecule has 0 saturated heterocycles. The fourth-order valence-electron chi connectivity index (χ4n) is 1.29. The van der Waals surface area contributed by atoms with E-state index in [-0.39, 0.29) is 0 Å². The molecule has 0 aliphatic heterocycles. The predicted molar refractivity (Wildman–Crippen MR) is 48.6 cm³/mol. The number of aromatic nitrogens is 4. The van der Waals surface area contributed by atoms with Crippen LogP contribution in [-0.4, -0.2) is 19.7 Å². The molecule has 2 aromatic heterocycles. The molecule has 0 amide bonds. The Morgan fingerprint density at radius 1 is 1.15 bits per heavy atom. The fourth-order valence-corrected chi connectivity index (χ4v) is 1.29. The third-order valence-corrected chi connectivity index (χ3v) is 1.75. The van der Waals surface area contributed by atoms with Crippen molar-refractivity contribution < 1.29 is 0 Å². The monoisotopic (exact) mass is 174 g/mol. The first-order valence-electron chi connectivity index (χ1n) is 4.06. The van der Waals surface area contributed by atoms with Crippen LogP contribution < -0.4 is 0 Å². The first-order chi connectivity index (χ1) is 6.25. The van der Waals surface area contributed by atoms with Crippen molar-refractivity contribution in [3.8, 4) is 5.69 Å². The van der Waals surface area contributed by atoms with Crippen LogP contribution in [0.1, 0.15) is 11.4 Å². The van der Waals surface area contributed by atoms with E-state index in [1.54, 1.807) is 11.0 Å². The highest BCUT2D eigenvalue weighted by atomic mass is 15.3. The van der Waals surface area contributed by atoms with Crippen LogP contribution in [0.5, 0.6) is 0 Å². The van der Waals surface area contributed by atoms with Crippen LogP contribution in [0.25, 0.3) is 5.69 Å². The van der Waals surface area contributed by atoms with Crippen molar-refractivity contribution in [3.63, 3.8) is 0 Å². The van der Waals surface area contributed by atoms with Crippen LogP contribution in [-0.2, 0) is 0 Å². The van der Waals surface area contributed by atoms with Crippen molar-refractivity contribution in [1.82, 2.24) is 19.7 Å². The Bertz CT molecular complexity index is 385.